The topological polar surface area (TPSA) is 15.3 Å². The first-order valence-corrected chi connectivity index (χ1v) is 5.29. The smallest absolute Gasteiger partial charge is 0.0195 e. The summed E-state index contributed by atoms with van der Waals surface area (Å²) in [4.78, 5) is 2.70. The van der Waals surface area contributed by atoms with Gasteiger partial charge in [-0.3, -0.25) is 4.90 Å². The van der Waals surface area contributed by atoms with E-state index in [4.69, 9.17) is 0 Å². The zero-order valence-corrected chi connectivity index (χ0v) is 8.21. The Morgan fingerprint density at radius 3 is 2.92 bits per heavy atom. The summed E-state index contributed by atoms with van der Waals surface area (Å²) in [5.41, 5.74) is 0. The Morgan fingerprint density at radius 1 is 1.50 bits per heavy atom. The van der Waals surface area contributed by atoms with Crippen molar-refractivity contribution in [3.05, 3.63) is 0 Å². The molecule has 0 spiro atoms. The lowest BCUT2D eigenvalue weighted by Gasteiger charge is -2.34. The minimum Gasteiger partial charge on any atom is -0.314 e. The van der Waals surface area contributed by atoms with Gasteiger partial charge < -0.3 is 5.32 Å². The molecular weight excluding hydrogens is 148 g/mol. The van der Waals surface area contributed by atoms with Gasteiger partial charge in [0.1, 0.15) is 0 Å². The second-order valence-corrected chi connectivity index (χ2v) is 4.26. The van der Waals surface area contributed by atoms with E-state index < -0.39 is 0 Å². The van der Waals surface area contributed by atoms with Crippen LogP contribution in [-0.2, 0) is 0 Å². The Morgan fingerprint density at radius 2 is 2.33 bits per heavy atom. The quantitative estimate of drug-likeness (QED) is 0.663. The van der Waals surface area contributed by atoms with Crippen LogP contribution in [0.4, 0.5) is 0 Å². The summed E-state index contributed by atoms with van der Waals surface area (Å²) in [5, 5.41) is 3.44. The van der Waals surface area contributed by atoms with E-state index in [0.717, 1.165) is 18.0 Å². The van der Waals surface area contributed by atoms with E-state index in [2.05, 4.69) is 24.1 Å². The highest BCUT2D eigenvalue weighted by molar-refractivity contribution is 4.97. The Kier molecular flexibility index (Phi) is 2.37. The van der Waals surface area contributed by atoms with Gasteiger partial charge in [0.15, 0.2) is 0 Å². The number of nitrogens with zero attached hydrogens (tertiary/aromatic N) is 1. The maximum absolute atomic E-state index is 3.44. The lowest BCUT2D eigenvalue weighted by molar-refractivity contribution is 0.156. The largest absolute Gasteiger partial charge is 0.314 e. The third-order valence-electron chi connectivity index (χ3n) is 3.39. The van der Waals surface area contributed by atoms with Crippen LogP contribution in [0.25, 0.3) is 0 Å². The molecule has 70 valence electrons. The molecule has 0 amide bonds. The second kappa shape index (κ2) is 3.35. The molecule has 3 atom stereocenters. The molecule has 0 radical (unpaired) electrons. The molecule has 0 aromatic carbocycles. The zero-order chi connectivity index (χ0) is 8.55. The number of nitrogens with one attached hydrogen (secondary N) is 1. The summed E-state index contributed by atoms with van der Waals surface area (Å²) in [7, 11) is 0. The van der Waals surface area contributed by atoms with Crippen molar-refractivity contribution in [3.8, 4) is 0 Å². The third kappa shape index (κ3) is 1.50. The van der Waals surface area contributed by atoms with Gasteiger partial charge in [0, 0.05) is 31.7 Å². The molecular formula is C10H20N2. The van der Waals surface area contributed by atoms with Crippen molar-refractivity contribution in [2.75, 3.05) is 19.6 Å². The molecule has 0 bridgehead atoms. The van der Waals surface area contributed by atoms with Gasteiger partial charge in [-0.05, 0) is 19.3 Å². The summed E-state index contributed by atoms with van der Waals surface area (Å²) in [6.45, 7) is 8.31. The fraction of sp³-hybridized carbons (Fsp3) is 1.00. The molecule has 2 heteroatoms. The molecule has 2 aliphatic rings. The monoisotopic (exact) mass is 168 g/mol. The third-order valence-corrected chi connectivity index (χ3v) is 3.39. The predicted octanol–water partition coefficient (Wildman–Crippen LogP) is 1.08. The van der Waals surface area contributed by atoms with Gasteiger partial charge >= 0.3 is 0 Å². The van der Waals surface area contributed by atoms with Crippen LogP contribution in [0.3, 0.4) is 0 Å². The van der Waals surface area contributed by atoms with Crippen LogP contribution < -0.4 is 5.32 Å². The summed E-state index contributed by atoms with van der Waals surface area (Å²) < 4.78 is 0. The molecule has 1 aliphatic carbocycles. The Balaban J connectivity index is 1.86. The van der Waals surface area contributed by atoms with E-state index in [1.54, 1.807) is 0 Å². The molecule has 1 heterocycles. The van der Waals surface area contributed by atoms with Gasteiger partial charge in [-0.25, -0.2) is 0 Å². The van der Waals surface area contributed by atoms with E-state index in [9.17, 15) is 0 Å². The number of piperazine rings is 1. The first kappa shape index (κ1) is 8.52. The van der Waals surface area contributed by atoms with Crippen LogP contribution in [0.1, 0.15) is 26.7 Å². The Labute approximate surface area is 75.3 Å². The predicted molar refractivity (Wildman–Crippen MR) is 51.2 cm³/mol. The zero-order valence-electron chi connectivity index (χ0n) is 8.21. The number of hydrogen-bond acceptors (Lipinski definition) is 2. The molecule has 1 saturated heterocycles. The highest BCUT2D eigenvalue weighted by atomic mass is 15.3. The van der Waals surface area contributed by atoms with Crippen LogP contribution in [-0.4, -0.2) is 36.6 Å². The van der Waals surface area contributed by atoms with Gasteiger partial charge in [-0.1, -0.05) is 13.3 Å². The van der Waals surface area contributed by atoms with Crippen LogP contribution >= 0.6 is 0 Å². The molecule has 1 aliphatic heterocycles. The Hall–Kier alpha value is -0.0800. The van der Waals surface area contributed by atoms with Gasteiger partial charge in [-0.2, -0.15) is 0 Å². The van der Waals surface area contributed by atoms with Crippen molar-refractivity contribution >= 4 is 0 Å². The fourth-order valence-corrected chi connectivity index (χ4v) is 2.43. The molecule has 2 rings (SSSR count). The summed E-state index contributed by atoms with van der Waals surface area (Å²) in [5.74, 6) is 1.02. The minimum absolute atomic E-state index is 0.764. The van der Waals surface area contributed by atoms with Crippen molar-refractivity contribution < 1.29 is 0 Å². The maximum Gasteiger partial charge on any atom is 0.0195 e. The second-order valence-electron chi connectivity index (χ2n) is 4.26. The van der Waals surface area contributed by atoms with Gasteiger partial charge in [0.25, 0.3) is 0 Å². The highest BCUT2D eigenvalue weighted by Crippen LogP contribution is 2.39. The van der Waals surface area contributed by atoms with Crippen molar-refractivity contribution in [2.24, 2.45) is 5.92 Å². The van der Waals surface area contributed by atoms with Crippen molar-refractivity contribution in [1.82, 2.24) is 10.2 Å². The van der Waals surface area contributed by atoms with E-state index in [-0.39, 0.29) is 0 Å². The summed E-state index contributed by atoms with van der Waals surface area (Å²) in [6.07, 6.45) is 2.84. The van der Waals surface area contributed by atoms with Crippen LogP contribution in [0.5, 0.6) is 0 Å². The molecule has 12 heavy (non-hydrogen) atoms. The van der Waals surface area contributed by atoms with Gasteiger partial charge in [0.2, 0.25) is 0 Å². The minimum atomic E-state index is 0.764. The van der Waals surface area contributed by atoms with Crippen molar-refractivity contribution in [2.45, 2.75) is 38.8 Å². The standard InChI is InChI=1S/C10H20N2/c1-3-9-6-10(9)12-5-4-11-7-8(12)2/h8-11H,3-7H2,1-2H3. The first-order chi connectivity index (χ1) is 5.83. The normalized spacial score (nSPS) is 43.0. The molecule has 0 aromatic rings. The first-order valence-electron chi connectivity index (χ1n) is 5.29. The molecule has 1 N–H and O–H groups in total. The average Bonchev–Trinajstić information content (AvgIpc) is 2.84. The lowest BCUT2D eigenvalue weighted by atomic mass is 10.2. The Bertz CT molecular complexity index is 158. The molecule has 3 unspecified atom stereocenters. The average molecular weight is 168 g/mol. The van der Waals surface area contributed by atoms with Crippen molar-refractivity contribution in [3.63, 3.8) is 0 Å². The van der Waals surface area contributed by atoms with Crippen LogP contribution in [0, 0.1) is 5.92 Å². The van der Waals surface area contributed by atoms with Crippen LogP contribution in [0.15, 0.2) is 0 Å². The highest BCUT2D eigenvalue weighted by Gasteiger charge is 2.42. The van der Waals surface area contributed by atoms with E-state index in [1.807, 2.05) is 0 Å². The summed E-state index contributed by atoms with van der Waals surface area (Å²) >= 11 is 0. The van der Waals surface area contributed by atoms with E-state index in [1.165, 1.54) is 32.5 Å². The summed E-state index contributed by atoms with van der Waals surface area (Å²) in [6, 6.07) is 1.70. The lowest BCUT2D eigenvalue weighted by Crippen LogP contribution is -2.51. The van der Waals surface area contributed by atoms with E-state index in [0.29, 0.717) is 0 Å². The van der Waals surface area contributed by atoms with Gasteiger partial charge in [0.05, 0.1) is 0 Å². The number of rotatable bonds is 2. The molecule has 0 aromatic heterocycles. The van der Waals surface area contributed by atoms with Crippen LogP contribution in [0.2, 0.25) is 0 Å². The SMILES string of the molecule is CCC1CC1N1CCNCC1C. The van der Waals surface area contributed by atoms with Gasteiger partial charge in [-0.15, -0.1) is 0 Å². The number of hydrogen-bond donors (Lipinski definition) is 1. The van der Waals surface area contributed by atoms with E-state index >= 15 is 0 Å². The molecule has 2 nitrogen and oxygen atoms in total. The van der Waals surface area contributed by atoms with Crippen molar-refractivity contribution in [1.29, 1.82) is 0 Å². The fourth-order valence-electron chi connectivity index (χ4n) is 2.43. The molecule has 2 fully saturated rings. The molecule has 1 saturated carbocycles. The maximum atomic E-state index is 3.44.